The van der Waals surface area contributed by atoms with E-state index in [1.165, 1.54) is 12.1 Å². The summed E-state index contributed by atoms with van der Waals surface area (Å²) in [6.45, 7) is 2.41. The second-order valence-corrected chi connectivity index (χ2v) is 8.51. The maximum absolute atomic E-state index is 12.5. The number of amides is 1. The monoisotopic (exact) mass is 372 g/mol. The van der Waals surface area contributed by atoms with Crippen LogP contribution in [-0.4, -0.2) is 20.4 Å². The predicted molar refractivity (Wildman–Crippen MR) is 101 cm³/mol. The molecule has 6 heteroatoms. The lowest BCUT2D eigenvalue weighted by molar-refractivity contribution is 0.0950. The smallest absolute Gasteiger partial charge is 0.251 e. The van der Waals surface area contributed by atoms with Gasteiger partial charge in [-0.05, 0) is 43.5 Å². The summed E-state index contributed by atoms with van der Waals surface area (Å²) in [6.07, 6.45) is 3.84. The van der Waals surface area contributed by atoms with Crippen LogP contribution in [0.2, 0.25) is 0 Å². The van der Waals surface area contributed by atoms with Gasteiger partial charge in [-0.25, -0.2) is 13.1 Å². The van der Waals surface area contributed by atoms with Crippen molar-refractivity contribution in [3.63, 3.8) is 0 Å². The first-order chi connectivity index (χ1) is 12.4. The van der Waals surface area contributed by atoms with E-state index in [-0.39, 0.29) is 16.8 Å². The van der Waals surface area contributed by atoms with E-state index < -0.39 is 10.0 Å². The first kappa shape index (κ1) is 18.6. The van der Waals surface area contributed by atoms with Gasteiger partial charge < -0.3 is 5.32 Å². The molecule has 2 aromatic carbocycles. The lowest BCUT2D eigenvalue weighted by Gasteiger charge is -2.13. The largest absolute Gasteiger partial charge is 0.348 e. The molecule has 0 unspecified atom stereocenters. The zero-order chi connectivity index (χ0) is 18.6. The SMILES string of the molecule is Cc1ccc(CNC(=O)c2cccc(S(=O)(=O)NC3CCCC3)c2)cc1. The molecule has 0 saturated heterocycles. The molecule has 5 nitrogen and oxygen atoms in total. The van der Waals surface area contributed by atoms with E-state index in [0.29, 0.717) is 12.1 Å². The molecule has 1 amide bonds. The van der Waals surface area contributed by atoms with Crippen molar-refractivity contribution >= 4 is 15.9 Å². The average Bonchev–Trinajstić information content (AvgIpc) is 3.13. The normalized spacial score (nSPS) is 15.1. The van der Waals surface area contributed by atoms with Gasteiger partial charge in [-0.15, -0.1) is 0 Å². The van der Waals surface area contributed by atoms with Gasteiger partial charge in [0.15, 0.2) is 0 Å². The highest BCUT2D eigenvalue weighted by molar-refractivity contribution is 7.89. The highest BCUT2D eigenvalue weighted by atomic mass is 32.2. The van der Waals surface area contributed by atoms with Gasteiger partial charge in [0.1, 0.15) is 0 Å². The Morgan fingerprint density at radius 2 is 1.77 bits per heavy atom. The van der Waals surface area contributed by atoms with E-state index >= 15 is 0 Å². The number of hydrogen-bond acceptors (Lipinski definition) is 3. The molecule has 2 aromatic rings. The van der Waals surface area contributed by atoms with Crippen molar-refractivity contribution in [2.75, 3.05) is 0 Å². The maximum Gasteiger partial charge on any atom is 0.251 e. The van der Waals surface area contributed by atoms with Crippen LogP contribution < -0.4 is 10.0 Å². The Morgan fingerprint density at radius 3 is 2.46 bits per heavy atom. The number of hydrogen-bond donors (Lipinski definition) is 2. The van der Waals surface area contributed by atoms with Crippen LogP contribution in [-0.2, 0) is 16.6 Å². The number of carbonyl (C=O) groups is 1. The van der Waals surface area contributed by atoms with Gasteiger partial charge in [-0.1, -0.05) is 48.7 Å². The molecule has 0 atom stereocenters. The Labute approximate surface area is 154 Å². The molecule has 2 N–H and O–H groups in total. The van der Waals surface area contributed by atoms with Gasteiger partial charge in [-0.3, -0.25) is 4.79 Å². The topological polar surface area (TPSA) is 75.3 Å². The Balaban J connectivity index is 1.67. The van der Waals surface area contributed by atoms with Crippen molar-refractivity contribution < 1.29 is 13.2 Å². The summed E-state index contributed by atoms with van der Waals surface area (Å²) in [5, 5.41) is 2.83. The molecule has 0 aliphatic heterocycles. The van der Waals surface area contributed by atoms with Crippen LogP contribution >= 0.6 is 0 Å². The summed E-state index contributed by atoms with van der Waals surface area (Å²) >= 11 is 0. The second kappa shape index (κ2) is 8.01. The predicted octanol–water partition coefficient (Wildman–Crippen LogP) is 3.15. The van der Waals surface area contributed by atoms with Crippen LogP contribution in [0.1, 0.15) is 47.2 Å². The Bertz CT molecular complexity index is 870. The molecular formula is C20H24N2O3S. The molecule has 26 heavy (non-hydrogen) atoms. The lowest BCUT2D eigenvalue weighted by atomic mass is 10.1. The highest BCUT2D eigenvalue weighted by Gasteiger charge is 2.23. The maximum atomic E-state index is 12.5. The van der Waals surface area contributed by atoms with Crippen molar-refractivity contribution in [2.45, 2.75) is 50.1 Å². The molecule has 3 rings (SSSR count). The standard InChI is InChI=1S/C20H24N2O3S/c1-15-9-11-16(12-10-15)14-21-20(23)17-5-4-8-19(13-17)26(24,25)22-18-6-2-3-7-18/h4-5,8-13,18,22H,2-3,6-7,14H2,1H3,(H,21,23). The summed E-state index contributed by atoms with van der Waals surface area (Å²) in [7, 11) is -3.60. The van der Waals surface area contributed by atoms with Gasteiger partial charge in [0.2, 0.25) is 10.0 Å². The van der Waals surface area contributed by atoms with Gasteiger partial charge in [0.25, 0.3) is 5.91 Å². The fraction of sp³-hybridized carbons (Fsp3) is 0.350. The van der Waals surface area contributed by atoms with Gasteiger partial charge in [0, 0.05) is 18.2 Å². The molecule has 1 aliphatic carbocycles. The van der Waals surface area contributed by atoms with Gasteiger partial charge in [0.05, 0.1) is 4.90 Å². The number of aryl methyl sites for hydroxylation is 1. The minimum Gasteiger partial charge on any atom is -0.348 e. The zero-order valence-electron chi connectivity index (χ0n) is 14.9. The van der Waals surface area contributed by atoms with Gasteiger partial charge in [-0.2, -0.15) is 0 Å². The van der Waals surface area contributed by atoms with Crippen molar-refractivity contribution in [3.05, 3.63) is 65.2 Å². The van der Waals surface area contributed by atoms with Crippen LogP contribution in [0, 0.1) is 6.92 Å². The highest BCUT2D eigenvalue weighted by Crippen LogP contribution is 2.21. The van der Waals surface area contributed by atoms with Crippen LogP contribution in [0.25, 0.3) is 0 Å². The molecule has 0 aromatic heterocycles. The Kier molecular flexibility index (Phi) is 5.74. The first-order valence-corrected chi connectivity index (χ1v) is 10.4. The Morgan fingerprint density at radius 1 is 1.08 bits per heavy atom. The molecule has 0 radical (unpaired) electrons. The Hall–Kier alpha value is -2.18. The minimum atomic E-state index is -3.60. The molecule has 1 aliphatic rings. The van der Waals surface area contributed by atoms with Crippen molar-refractivity contribution in [2.24, 2.45) is 0 Å². The van der Waals surface area contributed by atoms with Crippen molar-refractivity contribution in [3.8, 4) is 0 Å². The number of carbonyl (C=O) groups excluding carboxylic acids is 1. The first-order valence-electron chi connectivity index (χ1n) is 8.90. The molecular weight excluding hydrogens is 348 g/mol. The summed E-state index contributed by atoms with van der Waals surface area (Å²) in [5.41, 5.74) is 2.50. The minimum absolute atomic E-state index is 0.000907. The quantitative estimate of drug-likeness (QED) is 0.818. The molecule has 0 bridgehead atoms. The van der Waals surface area contributed by atoms with Gasteiger partial charge >= 0.3 is 0 Å². The molecule has 138 valence electrons. The number of sulfonamides is 1. The molecule has 0 heterocycles. The van der Waals surface area contributed by atoms with E-state index in [2.05, 4.69) is 10.0 Å². The third-order valence-electron chi connectivity index (χ3n) is 4.66. The van der Waals surface area contributed by atoms with Crippen LogP contribution in [0.5, 0.6) is 0 Å². The van der Waals surface area contributed by atoms with E-state index in [1.54, 1.807) is 12.1 Å². The van der Waals surface area contributed by atoms with E-state index in [9.17, 15) is 13.2 Å². The average molecular weight is 372 g/mol. The zero-order valence-corrected chi connectivity index (χ0v) is 15.7. The van der Waals surface area contributed by atoms with E-state index in [0.717, 1.165) is 36.8 Å². The summed E-state index contributed by atoms with van der Waals surface area (Å²) in [5.74, 6) is -0.288. The van der Waals surface area contributed by atoms with E-state index in [4.69, 9.17) is 0 Å². The van der Waals surface area contributed by atoms with Crippen LogP contribution in [0.3, 0.4) is 0 Å². The fourth-order valence-corrected chi connectivity index (χ4v) is 4.48. The summed E-state index contributed by atoms with van der Waals surface area (Å²) in [6, 6.07) is 14.1. The number of nitrogens with one attached hydrogen (secondary N) is 2. The summed E-state index contributed by atoms with van der Waals surface area (Å²) in [4.78, 5) is 12.5. The lowest BCUT2D eigenvalue weighted by Crippen LogP contribution is -2.32. The third kappa shape index (κ3) is 4.71. The molecule has 1 fully saturated rings. The summed E-state index contributed by atoms with van der Waals surface area (Å²) < 4.78 is 27.8. The van der Waals surface area contributed by atoms with Crippen molar-refractivity contribution in [1.82, 2.24) is 10.0 Å². The molecule has 1 saturated carbocycles. The second-order valence-electron chi connectivity index (χ2n) is 6.80. The fourth-order valence-electron chi connectivity index (χ4n) is 3.13. The number of benzene rings is 2. The molecule has 0 spiro atoms. The number of rotatable bonds is 6. The third-order valence-corrected chi connectivity index (χ3v) is 6.18. The van der Waals surface area contributed by atoms with Crippen molar-refractivity contribution in [1.29, 1.82) is 0 Å². The van der Waals surface area contributed by atoms with Crippen LogP contribution in [0.15, 0.2) is 53.4 Å². The van der Waals surface area contributed by atoms with E-state index in [1.807, 2.05) is 31.2 Å². The van der Waals surface area contributed by atoms with Crippen LogP contribution in [0.4, 0.5) is 0 Å².